The van der Waals surface area contributed by atoms with Gasteiger partial charge in [-0.15, -0.1) is 23.1 Å². The van der Waals surface area contributed by atoms with Gasteiger partial charge in [-0.1, -0.05) is 6.07 Å². The number of hydrogen-bond acceptors (Lipinski definition) is 7. The van der Waals surface area contributed by atoms with E-state index in [0.29, 0.717) is 5.82 Å². The number of nitrogens with zero attached hydrogens (tertiary/aromatic N) is 3. The summed E-state index contributed by atoms with van der Waals surface area (Å²) in [5.41, 5.74) is 3.73. The molecular weight excluding hydrogens is 376 g/mol. The van der Waals surface area contributed by atoms with E-state index < -0.39 is 0 Å². The molecular formula is C19H18N6S2. The van der Waals surface area contributed by atoms with Crippen molar-refractivity contribution >= 4 is 51.3 Å². The lowest BCUT2D eigenvalue weighted by atomic mass is 10.2. The number of aromatic amines is 1. The summed E-state index contributed by atoms with van der Waals surface area (Å²) in [4.78, 5) is 11.7. The molecule has 0 bridgehead atoms. The second-order valence-electron chi connectivity index (χ2n) is 7.05. The van der Waals surface area contributed by atoms with Crippen LogP contribution in [0.2, 0.25) is 0 Å². The van der Waals surface area contributed by atoms with E-state index in [1.165, 1.54) is 4.90 Å². The average Bonchev–Trinajstić information content (AvgIpc) is 3.33. The standard InChI is InChI=1S/C19H18N6S2/c1-19(2)10-20-12-8-11(5-6-14(12)27-19)22-18-16-13(9-21-25-16)23-17(24-18)15-4-3-7-26-15/h3-9,20H,10H2,1-2H3,(H,21,25)(H,22,23,24). The number of anilines is 3. The van der Waals surface area contributed by atoms with Crippen LogP contribution in [0.3, 0.4) is 0 Å². The topological polar surface area (TPSA) is 78.5 Å². The predicted molar refractivity (Wildman–Crippen MR) is 113 cm³/mol. The van der Waals surface area contributed by atoms with Gasteiger partial charge in [0.25, 0.3) is 0 Å². The Kier molecular flexibility index (Phi) is 3.84. The van der Waals surface area contributed by atoms with E-state index in [1.807, 2.05) is 29.3 Å². The Hall–Kier alpha value is -2.58. The van der Waals surface area contributed by atoms with E-state index in [2.05, 4.69) is 57.9 Å². The Labute approximate surface area is 164 Å². The number of hydrogen-bond donors (Lipinski definition) is 3. The molecule has 0 fully saturated rings. The molecule has 5 rings (SSSR count). The Morgan fingerprint density at radius 2 is 2.11 bits per heavy atom. The number of fused-ring (bicyclic) bond motifs is 2. The summed E-state index contributed by atoms with van der Waals surface area (Å²) in [6.07, 6.45) is 1.73. The van der Waals surface area contributed by atoms with Gasteiger partial charge in [0.1, 0.15) is 11.0 Å². The highest BCUT2D eigenvalue weighted by Crippen LogP contribution is 2.42. The molecule has 0 atom stereocenters. The fourth-order valence-electron chi connectivity index (χ4n) is 3.06. The molecule has 1 aliphatic heterocycles. The van der Waals surface area contributed by atoms with Crippen molar-refractivity contribution in [2.24, 2.45) is 0 Å². The molecule has 0 saturated heterocycles. The second-order valence-corrected chi connectivity index (χ2v) is 9.75. The van der Waals surface area contributed by atoms with Crippen molar-refractivity contribution < 1.29 is 0 Å². The Morgan fingerprint density at radius 3 is 2.96 bits per heavy atom. The molecule has 3 N–H and O–H groups in total. The van der Waals surface area contributed by atoms with Gasteiger partial charge in [-0.3, -0.25) is 5.10 Å². The first-order chi connectivity index (χ1) is 13.1. The third-order valence-corrected chi connectivity index (χ3v) is 6.51. The maximum Gasteiger partial charge on any atom is 0.172 e. The molecule has 8 heteroatoms. The number of aromatic nitrogens is 4. The van der Waals surface area contributed by atoms with Crippen LogP contribution in [0.5, 0.6) is 0 Å². The van der Waals surface area contributed by atoms with Crippen LogP contribution in [0, 0.1) is 0 Å². The third kappa shape index (κ3) is 3.15. The summed E-state index contributed by atoms with van der Waals surface area (Å²) in [7, 11) is 0. The Bertz CT molecular complexity index is 1120. The molecule has 3 aromatic heterocycles. The van der Waals surface area contributed by atoms with Crippen LogP contribution in [0.15, 0.2) is 46.8 Å². The number of H-pyrrole nitrogens is 1. The molecule has 0 radical (unpaired) electrons. The van der Waals surface area contributed by atoms with Crippen LogP contribution >= 0.6 is 23.1 Å². The molecule has 0 spiro atoms. The highest BCUT2D eigenvalue weighted by molar-refractivity contribution is 8.00. The smallest absolute Gasteiger partial charge is 0.172 e. The third-order valence-electron chi connectivity index (χ3n) is 4.37. The molecule has 1 aromatic carbocycles. The Morgan fingerprint density at radius 1 is 1.19 bits per heavy atom. The maximum atomic E-state index is 4.74. The average molecular weight is 395 g/mol. The maximum absolute atomic E-state index is 4.74. The summed E-state index contributed by atoms with van der Waals surface area (Å²) in [5, 5.41) is 16.1. The normalized spacial score (nSPS) is 15.3. The lowest BCUT2D eigenvalue weighted by Gasteiger charge is -2.31. The number of thioether (sulfide) groups is 1. The summed E-state index contributed by atoms with van der Waals surface area (Å²) in [6.45, 7) is 5.44. The van der Waals surface area contributed by atoms with Crippen molar-refractivity contribution in [3.05, 3.63) is 41.9 Å². The summed E-state index contributed by atoms with van der Waals surface area (Å²) in [5.74, 6) is 1.43. The zero-order valence-corrected chi connectivity index (χ0v) is 16.5. The van der Waals surface area contributed by atoms with Crippen molar-refractivity contribution in [1.82, 2.24) is 20.2 Å². The van der Waals surface area contributed by atoms with Crippen LogP contribution in [-0.4, -0.2) is 31.5 Å². The largest absolute Gasteiger partial charge is 0.383 e. The van der Waals surface area contributed by atoms with Crippen molar-refractivity contribution in [2.45, 2.75) is 23.5 Å². The van der Waals surface area contributed by atoms with E-state index in [1.54, 1.807) is 17.5 Å². The lowest BCUT2D eigenvalue weighted by molar-refractivity contribution is 0.739. The van der Waals surface area contributed by atoms with Gasteiger partial charge in [-0.05, 0) is 43.5 Å². The van der Waals surface area contributed by atoms with Gasteiger partial charge in [-0.2, -0.15) is 5.10 Å². The van der Waals surface area contributed by atoms with Gasteiger partial charge in [0, 0.05) is 27.6 Å². The monoisotopic (exact) mass is 394 g/mol. The van der Waals surface area contributed by atoms with E-state index in [9.17, 15) is 0 Å². The predicted octanol–water partition coefficient (Wildman–Crippen LogP) is 5.12. The van der Waals surface area contributed by atoms with Gasteiger partial charge in [0.2, 0.25) is 0 Å². The van der Waals surface area contributed by atoms with Crippen LogP contribution in [0.25, 0.3) is 21.7 Å². The van der Waals surface area contributed by atoms with Crippen molar-refractivity contribution in [2.75, 3.05) is 17.2 Å². The van der Waals surface area contributed by atoms with E-state index in [0.717, 1.165) is 39.6 Å². The lowest BCUT2D eigenvalue weighted by Crippen LogP contribution is -2.29. The second kappa shape index (κ2) is 6.24. The van der Waals surface area contributed by atoms with E-state index in [-0.39, 0.29) is 4.75 Å². The van der Waals surface area contributed by atoms with Crippen molar-refractivity contribution in [1.29, 1.82) is 0 Å². The first kappa shape index (κ1) is 16.6. The summed E-state index contributed by atoms with van der Waals surface area (Å²) >= 11 is 3.53. The fourth-order valence-corrected chi connectivity index (χ4v) is 4.83. The zero-order valence-electron chi connectivity index (χ0n) is 14.9. The molecule has 0 unspecified atom stereocenters. The summed E-state index contributed by atoms with van der Waals surface area (Å²) < 4.78 is 0.201. The highest BCUT2D eigenvalue weighted by Gasteiger charge is 2.25. The first-order valence-electron chi connectivity index (χ1n) is 8.66. The minimum atomic E-state index is 0.201. The summed E-state index contributed by atoms with van der Waals surface area (Å²) in [6, 6.07) is 10.4. The zero-order chi connectivity index (χ0) is 18.4. The van der Waals surface area contributed by atoms with E-state index in [4.69, 9.17) is 4.98 Å². The molecule has 0 aliphatic carbocycles. The van der Waals surface area contributed by atoms with Gasteiger partial charge in [0.05, 0.1) is 11.1 Å². The van der Waals surface area contributed by atoms with E-state index >= 15 is 0 Å². The highest BCUT2D eigenvalue weighted by atomic mass is 32.2. The van der Waals surface area contributed by atoms with Gasteiger partial charge in [-0.25, -0.2) is 9.97 Å². The van der Waals surface area contributed by atoms with Crippen LogP contribution in [-0.2, 0) is 0 Å². The molecule has 136 valence electrons. The molecule has 0 saturated carbocycles. The van der Waals surface area contributed by atoms with Crippen LogP contribution in [0.4, 0.5) is 17.2 Å². The molecule has 6 nitrogen and oxygen atoms in total. The fraction of sp³-hybridized carbons (Fsp3) is 0.211. The van der Waals surface area contributed by atoms with Crippen LogP contribution in [0.1, 0.15) is 13.8 Å². The number of thiophene rings is 1. The minimum Gasteiger partial charge on any atom is -0.383 e. The molecule has 4 heterocycles. The first-order valence-corrected chi connectivity index (χ1v) is 10.4. The minimum absolute atomic E-state index is 0.201. The molecule has 4 aromatic rings. The van der Waals surface area contributed by atoms with Crippen molar-refractivity contribution in [3.8, 4) is 10.7 Å². The number of benzene rings is 1. The van der Waals surface area contributed by atoms with Crippen molar-refractivity contribution in [3.63, 3.8) is 0 Å². The Balaban J connectivity index is 1.52. The van der Waals surface area contributed by atoms with Gasteiger partial charge in [0.15, 0.2) is 11.6 Å². The number of rotatable bonds is 3. The molecule has 27 heavy (non-hydrogen) atoms. The van der Waals surface area contributed by atoms with Crippen LogP contribution < -0.4 is 10.6 Å². The molecule has 0 amide bonds. The van der Waals surface area contributed by atoms with Gasteiger partial charge < -0.3 is 10.6 Å². The number of nitrogens with one attached hydrogen (secondary N) is 3. The SMILES string of the molecule is CC1(C)CNc2cc(Nc3nc(-c4cccs4)nc4cn[nH]c34)ccc2S1. The molecule has 1 aliphatic rings. The van der Waals surface area contributed by atoms with Gasteiger partial charge >= 0.3 is 0 Å². The quantitative estimate of drug-likeness (QED) is 0.447.